The van der Waals surface area contributed by atoms with Gasteiger partial charge in [-0.05, 0) is 32.3 Å². The number of aromatic nitrogens is 1. The van der Waals surface area contributed by atoms with Gasteiger partial charge in [-0.25, -0.2) is 4.79 Å². The Morgan fingerprint density at radius 1 is 1.29 bits per heavy atom. The van der Waals surface area contributed by atoms with Gasteiger partial charge in [-0.15, -0.1) is 0 Å². The van der Waals surface area contributed by atoms with Gasteiger partial charge < -0.3 is 15.0 Å². The molecule has 116 valence electrons. The van der Waals surface area contributed by atoms with Crippen LogP contribution in [-0.4, -0.2) is 26.9 Å². The summed E-state index contributed by atoms with van der Waals surface area (Å²) in [6.07, 6.45) is 5.59. The second kappa shape index (κ2) is 6.64. The fourth-order valence-electron chi connectivity index (χ4n) is 3.17. The normalized spacial score (nSPS) is 16.0. The summed E-state index contributed by atoms with van der Waals surface area (Å²) in [6, 6.07) is 0.274. The molecule has 1 amide bonds. The van der Waals surface area contributed by atoms with Crippen LogP contribution in [0.4, 0.5) is 5.82 Å². The van der Waals surface area contributed by atoms with Crippen molar-refractivity contribution in [1.82, 2.24) is 4.57 Å². The minimum Gasteiger partial charge on any atom is -0.478 e. The first kappa shape index (κ1) is 16.1. The number of anilines is 1. The smallest absolute Gasteiger partial charge is 0.339 e. The number of alkyl halides is 1. The van der Waals surface area contributed by atoms with E-state index in [0.29, 0.717) is 5.82 Å². The Kier molecular flexibility index (Phi) is 5.08. The summed E-state index contributed by atoms with van der Waals surface area (Å²) in [5, 5.41) is 12.4. The van der Waals surface area contributed by atoms with Crippen molar-refractivity contribution < 1.29 is 14.7 Å². The van der Waals surface area contributed by atoms with E-state index in [9.17, 15) is 14.7 Å². The fraction of sp³-hybridized carbons (Fsp3) is 0.600. The van der Waals surface area contributed by atoms with Crippen molar-refractivity contribution in [2.45, 2.75) is 52.0 Å². The number of amides is 1. The van der Waals surface area contributed by atoms with Crippen molar-refractivity contribution in [3.8, 4) is 0 Å². The van der Waals surface area contributed by atoms with Crippen molar-refractivity contribution in [2.24, 2.45) is 0 Å². The Morgan fingerprint density at radius 3 is 2.43 bits per heavy atom. The molecule has 1 saturated carbocycles. The molecule has 21 heavy (non-hydrogen) atoms. The second-order valence-electron chi connectivity index (χ2n) is 5.58. The van der Waals surface area contributed by atoms with E-state index in [0.717, 1.165) is 36.9 Å². The van der Waals surface area contributed by atoms with Crippen LogP contribution in [0, 0.1) is 13.8 Å². The average molecular weight is 357 g/mol. The number of aromatic carboxylic acids is 1. The largest absolute Gasteiger partial charge is 0.478 e. The van der Waals surface area contributed by atoms with Crippen molar-refractivity contribution in [3.63, 3.8) is 0 Å². The van der Waals surface area contributed by atoms with E-state index >= 15 is 0 Å². The molecular weight excluding hydrogens is 336 g/mol. The molecule has 0 bridgehead atoms. The van der Waals surface area contributed by atoms with Gasteiger partial charge in [0, 0.05) is 11.7 Å². The van der Waals surface area contributed by atoms with Crippen molar-refractivity contribution in [3.05, 3.63) is 16.8 Å². The summed E-state index contributed by atoms with van der Waals surface area (Å²) in [7, 11) is 0. The van der Waals surface area contributed by atoms with Gasteiger partial charge in [0.25, 0.3) is 0 Å². The van der Waals surface area contributed by atoms with Crippen molar-refractivity contribution in [2.75, 3.05) is 10.6 Å². The zero-order chi connectivity index (χ0) is 15.6. The van der Waals surface area contributed by atoms with E-state index in [-0.39, 0.29) is 22.8 Å². The minimum absolute atomic E-state index is 0.153. The number of hydrogen-bond donors (Lipinski definition) is 2. The third-order valence-electron chi connectivity index (χ3n) is 4.29. The van der Waals surface area contributed by atoms with Crippen molar-refractivity contribution >= 4 is 33.6 Å². The quantitative estimate of drug-likeness (QED) is 0.808. The predicted molar refractivity (Wildman–Crippen MR) is 85.4 cm³/mol. The van der Waals surface area contributed by atoms with Crippen LogP contribution in [0.15, 0.2) is 0 Å². The standard InChI is InChI=1S/C15H21BrN2O3/c1-9-10(2)18(11-6-4-3-5-7-11)14(13(9)15(20)21)17-12(19)8-16/h11H,3-8H2,1-2H3,(H,17,19)(H,20,21). The molecule has 1 heterocycles. The number of carboxylic acids is 1. The molecule has 1 aromatic rings. The monoisotopic (exact) mass is 356 g/mol. The van der Waals surface area contributed by atoms with Gasteiger partial charge in [0.2, 0.25) is 5.91 Å². The highest BCUT2D eigenvalue weighted by Crippen LogP contribution is 2.37. The number of hydrogen-bond acceptors (Lipinski definition) is 2. The molecule has 2 rings (SSSR count). The second-order valence-corrected chi connectivity index (χ2v) is 6.14. The number of carbonyl (C=O) groups excluding carboxylic acids is 1. The van der Waals surface area contributed by atoms with E-state index < -0.39 is 5.97 Å². The number of halogens is 1. The lowest BCUT2D eigenvalue weighted by atomic mass is 9.95. The van der Waals surface area contributed by atoms with Crippen LogP contribution in [0.3, 0.4) is 0 Å². The number of carbonyl (C=O) groups is 2. The van der Waals surface area contributed by atoms with Gasteiger partial charge >= 0.3 is 5.97 Å². The summed E-state index contributed by atoms with van der Waals surface area (Å²) in [5.41, 5.74) is 1.88. The molecule has 0 aliphatic heterocycles. The lowest BCUT2D eigenvalue weighted by Gasteiger charge is -2.27. The van der Waals surface area contributed by atoms with Gasteiger partial charge in [0.05, 0.1) is 5.33 Å². The lowest BCUT2D eigenvalue weighted by molar-refractivity contribution is -0.113. The molecule has 0 unspecified atom stereocenters. The molecule has 0 spiro atoms. The van der Waals surface area contributed by atoms with Gasteiger partial charge in [-0.2, -0.15) is 0 Å². The van der Waals surface area contributed by atoms with E-state index in [1.165, 1.54) is 6.42 Å². The Hall–Kier alpha value is -1.30. The Balaban J connectivity index is 2.52. The maximum Gasteiger partial charge on any atom is 0.339 e. The third kappa shape index (κ3) is 3.15. The third-order valence-corrected chi connectivity index (χ3v) is 4.80. The molecule has 0 saturated heterocycles. The molecule has 0 aromatic carbocycles. The molecular formula is C15H21BrN2O3. The first-order chi connectivity index (χ1) is 9.97. The Morgan fingerprint density at radius 2 is 1.90 bits per heavy atom. The van der Waals surface area contributed by atoms with Crippen LogP contribution in [-0.2, 0) is 4.79 Å². The topological polar surface area (TPSA) is 71.3 Å². The van der Waals surface area contributed by atoms with Crippen LogP contribution in [0.2, 0.25) is 0 Å². The SMILES string of the molecule is Cc1c(C(=O)O)c(NC(=O)CBr)n(C2CCCCC2)c1C. The fourth-order valence-corrected chi connectivity index (χ4v) is 3.31. The number of nitrogens with one attached hydrogen (secondary N) is 1. The van der Waals surface area contributed by atoms with Gasteiger partial charge in [-0.1, -0.05) is 35.2 Å². The highest BCUT2D eigenvalue weighted by molar-refractivity contribution is 9.09. The average Bonchev–Trinajstić information content (AvgIpc) is 2.71. The maximum atomic E-state index is 11.7. The molecule has 2 N–H and O–H groups in total. The first-order valence-electron chi connectivity index (χ1n) is 7.27. The highest BCUT2D eigenvalue weighted by atomic mass is 79.9. The number of nitrogens with zero attached hydrogens (tertiary/aromatic N) is 1. The molecule has 0 radical (unpaired) electrons. The van der Waals surface area contributed by atoms with E-state index in [1.54, 1.807) is 0 Å². The highest BCUT2D eigenvalue weighted by Gasteiger charge is 2.28. The van der Waals surface area contributed by atoms with Crippen molar-refractivity contribution in [1.29, 1.82) is 0 Å². The van der Waals surface area contributed by atoms with Crippen LogP contribution in [0.25, 0.3) is 0 Å². The maximum absolute atomic E-state index is 11.7. The molecule has 1 fully saturated rings. The zero-order valence-corrected chi connectivity index (χ0v) is 14.0. The number of rotatable bonds is 4. The van der Waals surface area contributed by atoms with Gasteiger partial charge in [0.15, 0.2) is 0 Å². The van der Waals surface area contributed by atoms with Gasteiger partial charge in [0.1, 0.15) is 11.4 Å². The Labute approximate surface area is 132 Å². The summed E-state index contributed by atoms with van der Waals surface area (Å²) in [4.78, 5) is 23.3. The summed E-state index contributed by atoms with van der Waals surface area (Å²) >= 11 is 3.11. The zero-order valence-electron chi connectivity index (χ0n) is 12.4. The predicted octanol–water partition coefficient (Wildman–Crippen LogP) is 3.64. The van der Waals surface area contributed by atoms with E-state index in [4.69, 9.17) is 0 Å². The molecule has 0 atom stereocenters. The Bertz CT molecular complexity index is 560. The molecule has 1 aliphatic rings. The minimum atomic E-state index is -0.991. The van der Waals surface area contributed by atoms with E-state index in [2.05, 4.69) is 21.2 Å². The molecule has 1 aromatic heterocycles. The summed E-state index contributed by atoms with van der Waals surface area (Å²) in [5.74, 6) is -0.782. The lowest BCUT2D eigenvalue weighted by Crippen LogP contribution is -2.22. The summed E-state index contributed by atoms with van der Waals surface area (Å²) in [6.45, 7) is 3.74. The first-order valence-corrected chi connectivity index (χ1v) is 8.40. The van der Waals surface area contributed by atoms with Gasteiger partial charge in [-0.3, -0.25) is 4.79 Å². The summed E-state index contributed by atoms with van der Waals surface area (Å²) < 4.78 is 2.03. The molecule has 5 nitrogen and oxygen atoms in total. The van der Waals surface area contributed by atoms with Crippen LogP contribution in [0.1, 0.15) is 59.8 Å². The van der Waals surface area contributed by atoms with Crippen LogP contribution < -0.4 is 5.32 Å². The van der Waals surface area contributed by atoms with E-state index in [1.807, 2.05) is 18.4 Å². The van der Waals surface area contributed by atoms with Crippen LogP contribution >= 0.6 is 15.9 Å². The number of carboxylic acid groups (broad SMARTS) is 1. The van der Waals surface area contributed by atoms with Crippen LogP contribution in [0.5, 0.6) is 0 Å². The molecule has 1 aliphatic carbocycles. The molecule has 6 heteroatoms.